The van der Waals surface area contributed by atoms with Crippen molar-refractivity contribution in [1.29, 1.82) is 0 Å². The van der Waals surface area contributed by atoms with E-state index in [4.69, 9.17) is 4.74 Å². The molecule has 1 N–H and O–H groups in total. The van der Waals surface area contributed by atoms with E-state index in [0.29, 0.717) is 37.7 Å². The highest BCUT2D eigenvalue weighted by molar-refractivity contribution is 5.96. The molecule has 0 saturated heterocycles. The minimum atomic E-state index is -0.164. The molecular formula is C17H21N7O2. The molecule has 3 aromatic rings. The average molecular weight is 355 g/mol. The summed E-state index contributed by atoms with van der Waals surface area (Å²) in [5.74, 6) is 0.655. The topological polar surface area (TPSA) is 99.8 Å². The van der Waals surface area contributed by atoms with Gasteiger partial charge >= 0.3 is 0 Å². The Bertz CT molecular complexity index is 913. The highest BCUT2D eigenvalue weighted by Gasteiger charge is 2.25. The minimum absolute atomic E-state index is 0.164. The van der Waals surface area contributed by atoms with Gasteiger partial charge in [0.1, 0.15) is 17.7 Å². The number of methoxy groups -OCH3 is 1. The van der Waals surface area contributed by atoms with Gasteiger partial charge in [-0.2, -0.15) is 0 Å². The molecule has 0 radical (unpaired) electrons. The first-order chi connectivity index (χ1) is 12.8. The maximum absolute atomic E-state index is 12.4. The first kappa shape index (κ1) is 16.6. The monoisotopic (exact) mass is 355 g/mol. The number of fused-ring (bicyclic) bond motifs is 1. The predicted molar refractivity (Wildman–Crippen MR) is 93.7 cm³/mol. The van der Waals surface area contributed by atoms with Gasteiger partial charge in [-0.05, 0) is 18.9 Å². The summed E-state index contributed by atoms with van der Waals surface area (Å²) in [4.78, 5) is 21.2. The Morgan fingerprint density at radius 3 is 3.04 bits per heavy atom. The molecule has 3 heterocycles. The summed E-state index contributed by atoms with van der Waals surface area (Å²) in [6.07, 6.45) is 8.03. The molecule has 3 aromatic heterocycles. The van der Waals surface area contributed by atoms with E-state index in [0.717, 1.165) is 17.0 Å². The maximum atomic E-state index is 12.4. The lowest BCUT2D eigenvalue weighted by molar-refractivity contribution is 0.0953. The van der Waals surface area contributed by atoms with E-state index < -0.39 is 0 Å². The normalized spacial score (nSPS) is 14.0. The van der Waals surface area contributed by atoms with Gasteiger partial charge in [-0.25, -0.2) is 9.97 Å². The van der Waals surface area contributed by atoms with Crippen LogP contribution in [0.1, 0.15) is 35.1 Å². The molecule has 1 saturated carbocycles. The molecule has 9 heteroatoms. The number of hydrogen-bond donors (Lipinski definition) is 1. The lowest BCUT2D eigenvalue weighted by Crippen LogP contribution is -2.26. The van der Waals surface area contributed by atoms with Crippen molar-refractivity contribution in [1.82, 2.24) is 34.6 Å². The number of nitrogens with one attached hydrogen (secondary N) is 1. The first-order valence-corrected chi connectivity index (χ1v) is 8.72. The number of nitrogens with zero attached hydrogens (tertiary/aromatic N) is 6. The number of carbonyl (C=O) groups is 1. The molecule has 1 fully saturated rings. The summed E-state index contributed by atoms with van der Waals surface area (Å²) in [5.41, 5.74) is 2.11. The van der Waals surface area contributed by atoms with Crippen LogP contribution in [0.4, 0.5) is 0 Å². The predicted octanol–water partition coefficient (Wildman–Crippen LogP) is 0.977. The summed E-state index contributed by atoms with van der Waals surface area (Å²) >= 11 is 0. The van der Waals surface area contributed by atoms with E-state index in [2.05, 4.69) is 30.0 Å². The second kappa shape index (κ2) is 7.20. The van der Waals surface area contributed by atoms with Crippen LogP contribution in [0.3, 0.4) is 0 Å². The first-order valence-electron chi connectivity index (χ1n) is 8.72. The lowest BCUT2D eigenvalue weighted by atomic mass is 10.2. The Kier molecular flexibility index (Phi) is 4.61. The smallest absolute Gasteiger partial charge is 0.252 e. The van der Waals surface area contributed by atoms with Gasteiger partial charge in [-0.1, -0.05) is 0 Å². The molecule has 0 unspecified atom stereocenters. The summed E-state index contributed by atoms with van der Waals surface area (Å²) < 4.78 is 9.08. The van der Waals surface area contributed by atoms with Gasteiger partial charge in [0.05, 0.1) is 18.5 Å². The van der Waals surface area contributed by atoms with Crippen LogP contribution >= 0.6 is 0 Å². The molecule has 1 aliphatic rings. The van der Waals surface area contributed by atoms with E-state index in [1.807, 2.05) is 10.9 Å². The van der Waals surface area contributed by atoms with Crippen molar-refractivity contribution in [3.05, 3.63) is 36.3 Å². The Morgan fingerprint density at radius 2 is 2.23 bits per heavy atom. The zero-order chi connectivity index (χ0) is 17.9. The number of amides is 1. The van der Waals surface area contributed by atoms with Gasteiger partial charge in [-0.3, -0.25) is 4.79 Å². The van der Waals surface area contributed by atoms with Gasteiger partial charge in [-0.15, -0.1) is 10.2 Å². The van der Waals surface area contributed by atoms with Crippen molar-refractivity contribution >= 4 is 17.1 Å². The van der Waals surface area contributed by atoms with Crippen LogP contribution in [0.25, 0.3) is 11.2 Å². The van der Waals surface area contributed by atoms with E-state index in [9.17, 15) is 4.79 Å². The van der Waals surface area contributed by atoms with Gasteiger partial charge in [0.2, 0.25) is 0 Å². The highest BCUT2D eigenvalue weighted by Crippen LogP contribution is 2.36. The molecule has 0 aliphatic heterocycles. The number of hydrogen-bond acceptors (Lipinski definition) is 6. The Labute approximate surface area is 150 Å². The van der Waals surface area contributed by atoms with Crippen LogP contribution in [0, 0.1) is 0 Å². The van der Waals surface area contributed by atoms with Crippen LogP contribution in [-0.4, -0.2) is 55.5 Å². The number of carbonyl (C=O) groups excluding carboxylic acids is 1. The number of aromatic nitrogens is 6. The second-order valence-electron chi connectivity index (χ2n) is 6.39. The summed E-state index contributed by atoms with van der Waals surface area (Å²) in [6.45, 7) is 1.76. The average Bonchev–Trinajstić information content (AvgIpc) is 3.26. The number of rotatable bonds is 8. The quantitative estimate of drug-likeness (QED) is 0.646. The van der Waals surface area contributed by atoms with Crippen LogP contribution in [0.5, 0.6) is 0 Å². The van der Waals surface area contributed by atoms with E-state index in [1.165, 1.54) is 12.8 Å². The third kappa shape index (κ3) is 3.43. The SMILES string of the molecule is COCCn1cnnc1CCNC(=O)c1cnc2c(c1)ncn2C1CC1. The fourth-order valence-corrected chi connectivity index (χ4v) is 2.90. The Balaban J connectivity index is 1.36. The molecule has 0 aromatic carbocycles. The number of ether oxygens (including phenoxy) is 1. The Hall–Kier alpha value is -2.81. The minimum Gasteiger partial charge on any atom is -0.383 e. The van der Waals surface area contributed by atoms with Crippen LogP contribution in [0.15, 0.2) is 24.9 Å². The van der Waals surface area contributed by atoms with Crippen molar-refractivity contribution in [3.8, 4) is 0 Å². The standard InChI is InChI=1S/C17H21N7O2/c1-26-7-6-23-11-21-22-15(23)4-5-18-17(25)12-8-14-16(19-9-12)24(10-20-14)13-2-3-13/h8-11,13H,2-7H2,1H3,(H,18,25). The third-order valence-electron chi connectivity index (χ3n) is 4.48. The molecule has 4 rings (SSSR count). The lowest BCUT2D eigenvalue weighted by Gasteiger charge is -2.07. The molecule has 1 aliphatic carbocycles. The largest absolute Gasteiger partial charge is 0.383 e. The third-order valence-corrected chi connectivity index (χ3v) is 4.48. The van der Waals surface area contributed by atoms with Gasteiger partial charge in [0.15, 0.2) is 5.65 Å². The van der Waals surface area contributed by atoms with Gasteiger partial charge in [0.25, 0.3) is 5.91 Å². The molecular weight excluding hydrogens is 334 g/mol. The van der Waals surface area contributed by atoms with E-state index in [1.54, 1.807) is 25.7 Å². The zero-order valence-electron chi connectivity index (χ0n) is 14.6. The molecule has 9 nitrogen and oxygen atoms in total. The van der Waals surface area contributed by atoms with Crippen LogP contribution in [0.2, 0.25) is 0 Å². The van der Waals surface area contributed by atoms with Crippen molar-refractivity contribution in [2.24, 2.45) is 0 Å². The fraction of sp³-hybridized carbons (Fsp3) is 0.471. The van der Waals surface area contributed by atoms with E-state index in [-0.39, 0.29) is 5.91 Å². The highest BCUT2D eigenvalue weighted by atomic mass is 16.5. The molecule has 0 atom stereocenters. The van der Waals surface area contributed by atoms with Gasteiger partial charge < -0.3 is 19.2 Å². The van der Waals surface area contributed by atoms with Crippen LogP contribution in [-0.2, 0) is 17.7 Å². The fourth-order valence-electron chi connectivity index (χ4n) is 2.90. The van der Waals surface area contributed by atoms with Crippen LogP contribution < -0.4 is 5.32 Å². The van der Waals surface area contributed by atoms with Crippen molar-refractivity contribution in [3.63, 3.8) is 0 Å². The molecule has 0 bridgehead atoms. The van der Waals surface area contributed by atoms with E-state index >= 15 is 0 Å². The van der Waals surface area contributed by atoms with Gasteiger partial charge in [0, 0.05) is 38.9 Å². The maximum Gasteiger partial charge on any atom is 0.252 e. The van der Waals surface area contributed by atoms with Crippen molar-refractivity contribution in [2.75, 3.05) is 20.3 Å². The molecule has 1 amide bonds. The number of pyridine rings is 1. The Morgan fingerprint density at radius 1 is 1.35 bits per heavy atom. The molecule has 136 valence electrons. The second-order valence-corrected chi connectivity index (χ2v) is 6.39. The van der Waals surface area contributed by atoms with Crippen molar-refractivity contribution < 1.29 is 9.53 Å². The summed E-state index contributed by atoms with van der Waals surface area (Å²) in [6, 6.07) is 2.31. The summed E-state index contributed by atoms with van der Waals surface area (Å²) in [5, 5.41) is 10.9. The zero-order valence-corrected chi connectivity index (χ0v) is 14.6. The molecule has 26 heavy (non-hydrogen) atoms. The summed E-state index contributed by atoms with van der Waals surface area (Å²) in [7, 11) is 1.66. The van der Waals surface area contributed by atoms with Crippen molar-refractivity contribution in [2.45, 2.75) is 31.8 Å². The molecule has 0 spiro atoms. The number of imidazole rings is 1.